The number of aromatic nitrogens is 2. The van der Waals surface area contributed by atoms with E-state index < -0.39 is 0 Å². The number of amides is 1. The maximum Gasteiger partial charge on any atom is 0.234 e. The van der Waals surface area contributed by atoms with Crippen molar-refractivity contribution in [2.45, 2.75) is 5.75 Å². The molecule has 1 N–H and O–H groups in total. The summed E-state index contributed by atoms with van der Waals surface area (Å²) < 4.78 is 6.97. The Morgan fingerprint density at radius 2 is 2.04 bits per heavy atom. The SMILES string of the molecule is COc1cccc(NC(=O)CSCc2ccc(-n3cccn3)cc2)c1. The first-order valence-corrected chi connectivity index (χ1v) is 9.01. The number of thioether (sulfide) groups is 1. The standard InChI is InChI=1S/C19H19N3O2S/c1-24-18-5-2-4-16(12-18)21-19(23)14-25-13-15-6-8-17(9-7-15)22-11-3-10-20-22/h2-12H,13-14H2,1H3,(H,21,23). The number of rotatable bonds is 7. The van der Waals surface area contributed by atoms with Crippen LogP contribution in [0.4, 0.5) is 5.69 Å². The van der Waals surface area contributed by atoms with Crippen molar-refractivity contribution >= 4 is 23.4 Å². The molecule has 3 rings (SSSR count). The summed E-state index contributed by atoms with van der Waals surface area (Å²) in [6, 6.07) is 17.4. The minimum atomic E-state index is -0.0218. The lowest BCUT2D eigenvalue weighted by Crippen LogP contribution is -2.14. The fraction of sp³-hybridized carbons (Fsp3) is 0.158. The molecule has 0 aliphatic rings. The molecule has 3 aromatic rings. The Morgan fingerprint density at radius 3 is 2.76 bits per heavy atom. The van der Waals surface area contributed by atoms with Crippen LogP contribution >= 0.6 is 11.8 Å². The van der Waals surface area contributed by atoms with Gasteiger partial charge in [0.15, 0.2) is 0 Å². The van der Waals surface area contributed by atoms with Gasteiger partial charge in [-0.25, -0.2) is 4.68 Å². The van der Waals surface area contributed by atoms with Crippen LogP contribution in [-0.4, -0.2) is 28.6 Å². The van der Waals surface area contributed by atoms with E-state index in [0.717, 1.165) is 22.9 Å². The highest BCUT2D eigenvalue weighted by molar-refractivity contribution is 7.99. The molecule has 1 aromatic heterocycles. The zero-order valence-electron chi connectivity index (χ0n) is 13.9. The van der Waals surface area contributed by atoms with Gasteiger partial charge in [0.25, 0.3) is 0 Å². The zero-order valence-corrected chi connectivity index (χ0v) is 14.7. The Morgan fingerprint density at radius 1 is 1.20 bits per heavy atom. The smallest absolute Gasteiger partial charge is 0.234 e. The van der Waals surface area contributed by atoms with Crippen molar-refractivity contribution in [3.63, 3.8) is 0 Å². The normalized spacial score (nSPS) is 10.4. The number of nitrogens with one attached hydrogen (secondary N) is 1. The van der Waals surface area contributed by atoms with E-state index in [9.17, 15) is 4.79 Å². The van der Waals surface area contributed by atoms with E-state index in [1.807, 2.05) is 47.3 Å². The molecule has 0 saturated carbocycles. The molecule has 25 heavy (non-hydrogen) atoms. The van der Waals surface area contributed by atoms with Gasteiger partial charge in [-0.3, -0.25) is 4.79 Å². The Bertz CT molecular complexity index is 817. The van der Waals surface area contributed by atoms with Gasteiger partial charge in [-0.1, -0.05) is 18.2 Å². The fourth-order valence-corrected chi connectivity index (χ4v) is 3.11. The van der Waals surface area contributed by atoms with E-state index in [-0.39, 0.29) is 5.91 Å². The van der Waals surface area contributed by atoms with Crippen LogP contribution in [0.15, 0.2) is 67.0 Å². The summed E-state index contributed by atoms with van der Waals surface area (Å²) in [5.74, 6) is 1.89. The second-order valence-electron chi connectivity index (χ2n) is 5.39. The summed E-state index contributed by atoms with van der Waals surface area (Å²) in [7, 11) is 1.61. The summed E-state index contributed by atoms with van der Waals surface area (Å²) >= 11 is 1.58. The second kappa shape index (κ2) is 8.39. The molecule has 0 aliphatic heterocycles. The molecular formula is C19H19N3O2S. The van der Waals surface area contributed by atoms with Crippen molar-refractivity contribution < 1.29 is 9.53 Å². The van der Waals surface area contributed by atoms with Crippen molar-refractivity contribution in [2.75, 3.05) is 18.2 Å². The Balaban J connectivity index is 1.46. The summed E-state index contributed by atoms with van der Waals surface area (Å²) in [5.41, 5.74) is 2.94. The van der Waals surface area contributed by atoms with Crippen molar-refractivity contribution in [3.8, 4) is 11.4 Å². The maximum absolute atomic E-state index is 12.0. The maximum atomic E-state index is 12.0. The lowest BCUT2D eigenvalue weighted by molar-refractivity contribution is -0.113. The van der Waals surface area contributed by atoms with Crippen molar-refractivity contribution in [1.29, 1.82) is 0 Å². The monoisotopic (exact) mass is 353 g/mol. The summed E-state index contributed by atoms with van der Waals surface area (Å²) in [4.78, 5) is 12.0. The molecule has 128 valence electrons. The van der Waals surface area contributed by atoms with E-state index in [1.165, 1.54) is 5.56 Å². The van der Waals surface area contributed by atoms with Gasteiger partial charge in [-0.05, 0) is 35.9 Å². The number of hydrogen-bond donors (Lipinski definition) is 1. The largest absolute Gasteiger partial charge is 0.497 e. The molecule has 0 radical (unpaired) electrons. The van der Waals surface area contributed by atoms with Crippen LogP contribution in [-0.2, 0) is 10.5 Å². The van der Waals surface area contributed by atoms with Gasteiger partial charge in [0.1, 0.15) is 5.75 Å². The van der Waals surface area contributed by atoms with E-state index in [2.05, 4.69) is 22.5 Å². The number of methoxy groups -OCH3 is 1. The molecule has 0 bridgehead atoms. The third kappa shape index (κ3) is 4.87. The molecule has 0 aliphatic carbocycles. The van der Waals surface area contributed by atoms with Crippen LogP contribution in [0, 0.1) is 0 Å². The molecule has 0 spiro atoms. The Labute approximate surface area is 151 Å². The molecular weight excluding hydrogens is 334 g/mol. The molecule has 2 aromatic carbocycles. The molecule has 0 unspecified atom stereocenters. The molecule has 6 heteroatoms. The first-order valence-electron chi connectivity index (χ1n) is 7.85. The van der Waals surface area contributed by atoms with Gasteiger partial charge in [-0.15, -0.1) is 11.8 Å². The fourth-order valence-electron chi connectivity index (χ4n) is 2.33. The minimum Gasteiger partial charge on any atom is -0.497 e. The van der Waals surface area contributed by atoms with Gasteiger partial charge in [0.05, 0.1) is 18.6 Å². The number of nitrogens with zero attached hydrogens (tertiary/aromatic N) is 2. The highest BCUT2D eigenvalue weighted by atomic mass is 32.2. The van der Waals surface area contributed by atoms with Gasteiger partial charge in [0.2, 0.25) is 5.91 Å². The van der Waals surface area contributed by atoms with Crippen LogP contribution in [0.3, 0.4) is 0 Å². The van der Waals surface area contributed by atoms with Crippen LogP contribution in [0.1, 0.15) is 5.56 Å². The zero-order chi connectivity index (χ0) is 17.5. The van der Waals surface area contributed by atoms with E-state index in [4.69, 9.17) is 4.74 Å². The lowest BCUT2D eigenvalue weighted by atomic mass is 10.2. The van der Waals surface area contributed by atoms with Gasteiger partial charge < -0.3 is 10.1 Å². The number of ether oxygens (including phenoxy) is 1. The first-order chi connectivity index (χ1) is 12.2. The average molecular weight is 353 g/mol. The van der Waals surface area contributed by atoms with Crippen molar-refractivity contribution in [1.82, 2.24) is 9.78 Å². The molecule has 1 heterocycles. The summed E-state index contributed by atoms with van der Waals surface area (Å²) in [5, 5.41) is 7.08. The minimum absolute atomic E-state index is 0.0218. The van der Waals surface area contributed by atoms with Crippen molar-refractivity contribution in [3.05, 3.63) is 72.6 Å². The molecule has 1 amide bonds. The predicted molar refractivity (Wildman–Crippen MR) is 101 cm³/mol. The number of benzene rings is 2. The first kappa shape index (κ1) is 17.1. The lowest BCUT2D eigenvalue weighted by Gasteiger charge is -2.07. The number of hydrogen-bond acceptors (Lipinski definition) is 4. The average Bonchev–Trinajstić information content (AvgIpc) is 3.17. The third-order valence-electron chi connectivity index (χ3n) is 3.56. The highest BCUT2D eigenvalue weighted by Crippen LogP contribution is 2.18. The van der Waals surface area contributed by atoms with Gasteiger partial charge in [0, 0.05) is 29.9 Å². The second-order valence-corrected chi connectivity index (χ2v) is 6.38. The third-order valence-corrected chi connectivity index (χ3v) is 4.56. The predicted octanol–water partition coefficient (Wildman–Crippen LogP) is 3.75. The van der Waals surface area contributed by atoms with E-state index >= 15 is 0 Å². The summed E-state index contributed by atoms with van der Waals surface area (Å²) in [6.45, 7) is 0. The highest BCUT2D eigenvalue weighted by Gasteiger charge is 2.04. The number of anilines is 1. The van der Waals surface area contributed by atoms with Crippen LogP contribution in [0.5, 0.6) is 5.75 Å². The summed E-state index contributed by atoms with van der Waals surface area (Å²) in [6.07, 6.45) is 3.66. The van der Waals surface area contributed by atoms with E-state index in [1.54, 1.807) is 31.1 Å². The van der Waals surface area contributed by atoms with Gasteiger partial charge >= 0.3 is 0 Å². The number of carbonyl (C=O) groups is 1. The Kier molecular flexibility index (Phi) is 5.74. The van der Waals surface area contributed by atoms with Gasteiger partial charge in [-0.2, -0.15) is 5.10 Å². The van der Waals surface area contributed by atoms with Crippen LogP contribution < -0.4 is 10.1 Å². The number of carbonyl (C=O) groups excluding carboxylic acids is 1. The molecule has 0 saturated heterocycles. The molecule has 0 fully saturated rings. The molecule has 5 nitrogen and oxygen atoms in total. The van der Waals surface area contributed by atoms with E-state index in [0.29, 0.717) is 5.75 Å². The van der Waals surface area contributed by atoms with Crippen LogP contribution in [0.25, 0.3) is 5.69 Å². The quantitative estimate of drug-likeness (QED) is 0.703. The molecule has 0 atom stereocenters. The van der Waals surface area contributed by atoms with Crippen molar-refractivity contribution in [2.24, 2.45) is 0 Å². The topological polar surface area (TPSA) is 56.1 Å². The Hall–Kier alpha value is -2.73. The van der Waals surface area contributed by atoms with Crippen LogP contribution in [0.2, 0.25) is 0 Å².